The number of aromatic nitrogens is 1. The van der Waals surface area contributed by atoms with E-state index in [0.717, 1.165) is 24.2 Å². The fraction of sp³-hybridized carbons (Fsp3) is 0.214. The standard InChI is InChI=1S/C14H13FN2O/c15-13-7-10(8-17-14(13)16)9-2-1-3-12(6-9)18-11-4-5-11/h1-3,6-8,11H,4-5H2,(H2,16,17). The summed E-state index contributed by atoms with van der Waals surface area (Å²) in [5.41, 5.74) is 6.93. The molecule has 1 aromatic carbocycles. The fourth-order valence-electron chi connectivity index (χ4n) is 1.73. The summed E-state index contributed by atoms with van der Waals surface area (Å²) in [6.45, 7) is 0. The van der Waals surface area contributed by atoms with E-state index in [2.05, 4.69) is 4.98 Å². The Kier molecular flexibility index (Phi) is 2.63. The van der Waals surface area contributed by atoms with E-state index in [-0.39, 0.29) is 5.82 Å². The number of nitrogens with zero attached hydrogens (tertiary/aromatic N) is 1. The molecule has 0 amide bonds. The number of nitrogen functional groups attached to an aromatic ring is 1. The first-order valence-electron chi connectivity index (χ1n) is 5.90. The molecule has 92 valence electrons. The smallest absolute Gasteiger partial charge is 0.165 e. The number of pyridine rings is 1. The second-order valence-corrected chi connectivity index (χ2v) is 4.44. The van der Waals surface area contributed by atoms with E-state index in [4.69, 9.17) is 10.5 Å². The van der Waals surface area contributed by atoms with E-state index < -0.39 is 5.82 Å². The highest BCUT2D eigenvalue weighted by molar-refractivity contribution is 5.65. The van der Waals surface area contributed by atoms with Crippen molar-refractivity contribution in [2.45, 2.75) is 18.9 Å². The zero-order valence-corrected chi connectivity index (χ0v) is 9.77. The Morgan fingerprint density at radius 1 is 1.22 bits per heavy atom. The Balaban J connectivity index is 1.92. The first kappa shape index (κ1) is 11.0. The number of benzene rings is 1. The zero-order valence-electron chi connectivity index (χ0n) is 9.77. The monoisotopic (exact) mass is 244 g/mol. The van der Waals surface area contributed by atoms with E-state index in [9.17, 15) is 4.39 Å². The Morgan fingerprint density at radius 3 is 2.78 bits per heavy atom. The summed E-state index contributed by atoms with van der Waals surface area (Å²) in [5.74, 6) is 0.234. The molecular weight excluding hydrogens is 231 g/mol. The van der Waals surface area contributed by atoms with E-state index in [1.165, 1.54) is 6.07 Å². The minimum atomic E-state index is -0.499. The van der Waals surface area contributed by atoms with Crippen molar-refractivity contribution in [3.05, 3.63) is 42.3 Å². The molecule has 2 aromatic rings. The van der Waals surface area contributed by atoms with Crippen LogP contribution in [0.2, 0.25) is 0 Å². The van der Waals surface area contributed by atoms with Crippen molar-refractivity contribution in [1.29, 1.82) is 0 Å². The predicted octanol–water partition coefficient (Wildman–Crippen LogP) is 3.01. The normalized spacial score (nSPS) is 14.5. The second kappa shape index (κ2) is 4.29. The lowest BCUT2D eigenvalue weighted by Crippen LogP contribution is -1.97. The molecule has 3 rings (SSSR count). The van der Waals surface area contributed by atoms with Crippen molar-refractivity contribution in [1.82, 2.24) is 4.98 Å². The van der Waals surface area contributed by atoms with Crippen LogP contribution < -0.4 is 10.5 Å². The van der Waals surface area contributed by atoms with Crippen LogP contribution in [-0.2, 0) is 0 Å². The minimum absolute atomic E-state index is 0.0795. The lowest BCUT2D eigenvalue weighted by molar-refractivity contribution is 0.303. The molecule has 0 spiro atoms. The van der Waals surface area contributed by atoms with Gasteiger partial charge in [-0.25, -0.2) is 9.37 Å². The highest BCUT2D eigenvalue weighted by Gasteiger charge is 2.23. The van der Waals surface area contributed by atoms with Gasteiger partial charge in [-0.15, -0.1) is 0 Å². The Bertz CT molecular complexity index is 582. The van der Waals surface area contributed by atoms with Crippen molar-refractivity contribution >= 4 is 5.82 Å². The lowest BCUT2D eigenvalue weighted by atomic mass is 10.1. The van der Waals surface area contributed by atoms with Crippen LogP contribution in [0.3, 0.4) is 0 Å². The van der Waals surface area contributed by atoms with Gasteiger partial charge in [-0.3, -0.25) is 0 Å². The third-order valence-electron chi connectivity index (χ3n) is 2.86. The van der Waals surface area contributed by atoms with Gasteiger partial charge < -0.3 is 10.5 Å². The van der Waals surface area contributed by atoms with Crippen LogP contribution in [0.15, 0.2) is 36.5 Å². The van der Waals surface area contributed by atoms with Gasteiger partial charge >= 0.3 is 0 Å². The summed E-state index contributed by atoms with van der Waals surface area (Å²) < 4.78 is 19.1. The number of nitrogens with two attached hydrogens (primary N) is 1. The van der Waals surface area contributed by atoms with Gasteiger partial charge in [0.2, 0.25) is 0 Å². The highest BCUT2D eigenvalue weighted by Crippen LogP contribution is 2.30. The van der Waals surface area contributed by atoms with E-state index >= 15 is 0 Å². The van der Waals surface area contributed by atoms with Crippen LogP contribution >= 0.6 is 0 Å². The first-order chi connectivity index (χ1) is 8.72. The Labute approximate surface area is 104 Å². The molecule has 3 nitrogen and oxygen atoms in total. The minimum Gasteiger partial charge on any atom is -0.490 e. The van der Waals surface area contributed by atoms with Gasteiger partial charge in [0, 0.05) is 11.8 Å². The molecule has 18 heavy (non-hydrogen) atoms. The molecule has 0 atom stereocenters. The van der Waals surface area contributed by atoms with Gasteiger partial charge in [0.25, 0.3) is 0 Å². The van der Waals surface area contributed by atoms with Gasteiger partial charge in [-0.1, -0.05) is 12.1 Å². The summed E-state index contributed by atoms with van der Waals surface area (Å²) in [7, 11) is 0. The summed E-state index contributed by atoms with van der Waals surface area (Å²) in [4.78, 5) is 3.82. The number of halogens is 1. The molecule has 1 aliphatic carbocycles. The molecule has 0 aliphatic heterocycles. The summed E-state index contributed by atoms with van der Waals surface area (Å²) >= 11 is 0. The first-order valence-corrected chi connectivity index (χ1v) is 5.90. The van der Waals surface area contributed by atoms with Gasteiger partial charge in [0.05, 0.1) is 6.10 Å². The molecule has 0 saturated heterocycles. The maximum atomic E-state index is 13.4. The summed E-state index contributed by atoms with van der Waals surface area (Å²) in [5, 5.41) is 0. The molecule has 1 aliphatic rings. The Hall–Kier alpha value is -2.10. The van der Waals surface area contributed by atoms with Crippen molar-refractivity contribution in [2.75, 3.05) is 5.73 Å². The number of hydrogen-bond acceptors (Lipinski definition) is 3. The average Bonchev–Trinajstić information content (AvgIpc) is 3.17. The van der Waals surface area contributed by atoms with Crippen molar-refractivity contribution in [3.63, 3.8) is 0 Å². The van der Waals surface area contributed by atoms with E-state index in [1.807, 2.05) is 24.3 Å². The van der Waals surface area contributed by atoms with Crippen molar-refractivity contribution < 1.29 is 9.13 Å². The zero-order chi connectivity index (χ0) is 12.5. The molecule has 4 heteroatoms. The summed E-state index contributed by atoms with van der Waals surface area (Å²) in [6, 6.07) is 8.97. The van der Waals surface area contributed by atoms with Gasteiger partial charge in [-0.05, 0) is 36.6 Å². The number of ether oxygens (including phenoxy) is 1. The van der Waals surface area contributed by atoms with Crippen LogP contribution in [0.5, 0.6) is 5.75 Å². The molecular formula is C14H13FN2O. The molecule has 0 bridgehead atoms. The third-order valence-corrected chi connectivity index (χ3v) is 2.86. The predicted molar refractivity (Wildman–Crippen MR) is 67.7 cm³/mol. The number of anilines is 1. The second-order valence-electron chi connectivity index (χ2n) is 4.44. The largest absolute Gasteiger partial charge is 0.490 e. The SMILES string of the molecule is Nc1ncc(-c2cccc(OC3CC3)c2)cc1F. The van der Waals surface area contributed by atoms with Crippen molar-refractivity contribution in [2.24, 2.45) is 0 Å². The van der Waals surface area contributed by atoms with E-state index in [0.29, 0.717) is 11.7 Å². The van der Waals surface area contributed by atoms with Crippen LogP contribution in [-0.4, -0.2) is 11.1 Å². The molecule has 0 unspecified atom stereocenters. The Morgan fingerprint density at radius 2 is 2.06 bits per heavy atom. The number of rotatable bonds is 3. The van der Waals surface area contributed by atoms with Crippen LogP contribution in [0.4, 0.5) is 10.2 Å². The molecule has 1 fully saturated rings. The maximum absolute atomic E-state index is 13.4. The van der Waals surface area contributed by atoms with Crippen LogP contribution in [0, 0.1) is 5.82 Å². The maximum Gasteiger partial charge on any atom is 0.165 e. The lowest BCUT2D eigenvalue weighted by Gasteiger charge is -2.07. The topological polar surface area (TPSA) is 48.1 Å². The number of hydrogen-bond donors (Lipinski definition) is 1. The fourth-order valence-corrected chi connectivity index (χ4v) is 1.73. The van der Waals surface area contributed by atoms with Crippen LogP contribution in [0.25, 0.3) is 11.1 Å². The van der Waals surface area contributed by atoms with Gasteiger partial charge in [-0.2, -0.15) is 0 Å². The highest BCUT2D eigenvalue weighted by atomic mass is 19.1. The average molecular weight is 244 g/mol. The van der Waals surface area contributed by atoms with Crippen molar-refractivity contribution in [3.8, 4) is 16.9 Å². The van der Waals surface area contributed by atoms with Gasteiger partial charge in [0.1, 0.15) is 5.75 Å². The van der Waals surface area contributed by atoms with E-state index in [1.54, 1.807) is 6.20 Å². The van der Waals surface area contributed by atoms with Gasteiger partial charge in [0.15, 0.2) is 11.6 Å². The summed E-state index contributed by atoms with van der Waals surface area (Å²) in [6.07, 6.45) is 4.14. The molecule has 2 N–H and O–H groups in total. The quantitative estimate of drug-likeness (QED) is 0.902. The molecule has 1 heterocycles. The third kappa shape index (κ3) is 2.27. The van der Waals surface area contributed by atoms with Crippen LogP contribution in [0.1, 0.15) is 12.8 Å². The molecule has 1 saturated carbocycles. The molecule has 1 aromatic heterocycles. The molecule has 0 radical (unpaired) electrons.